The van der Waals surface area contributed by atoms with Crippen molar-refractivity contribution in [1.29, 1.82) is 0 Å². The number of halogens is 2. The van der Waals surface area contributed by atoms with E-state index in [1.54, 1.807) is 42.5 Å². The molecule has 0 aliphatic carbocycles. The summed E-state index contributed by atoms with van der Waals surface area (Å²) in [5.74, 6) is -0.674. The van der Waals surface area contributed by atoms with Gasteiger partial charge in [-0.2, -0.15) is 0 Å². The number of benzene rings is 3. The van der Waals surface area contributed by atoms with E-state index in [0.717, 1.165) is 10.5 Å². The quantitative estimate of drug-likeness (QED) is 0.342. The van der Waals surface area contributed by atoms with Gasteiger partial charge in [-0.25, -0.2) is 9.18 Å². The van der Waals surface area contributed by atoms with Crippen molar-refractivity contribution in [3.8, 4) is 11.5 Å². The smallest absolute Gasteiger partial charge is 0.329 e. The molecule has 1 aliphatic heterocycles. The zero-order valence-corrected chi connectivity index (χ0v) is 19.8. The number of amides is 4. The number of carbonyl (C=O) groups is 3. The number of hydrogen-bond acceptors (Lipinski definition) is 5. The molecular formula is C26H21ClFN3O5. The minimum atomic E-state index is -0.528. The molecule has 4 rings (SSSR count). The number of hydrogen-bond donors (Lipinski definition) is 2. The van der Waals surface area contributed by atoms with Crippen LogP contribution in [-0.4, -0.2) is 36.5 Å². The molecule has 1 fully saturated rings. The fraction of sp³-hybridized carbons (Fsp3) is 0.115. The minimum absolute atomic E-state index is 0.106. The molecular weight excluding hydrogens is 489 g/mol. The molecule has 0 atom stereocenters. The molecule has 3 aromatic rings. The Balaban J connectivity index is 1.41. The first-order valence-corrected chi connectivity index (χ1v) is 11.2. The predicted molar refractivity (Wildman–Crippen MR) is 132 cm³/mol. The predicted octanol–water partition coefficient (Wildman–Crippen LogP) is 4.60. The molecule has 1 saturated heterocycles. The molecule has 0 aromatic heterocycles. The van der Waals surface area contributed by atoms with E-state index in [1.807, 2.05) is 0 Å². The second-order valence-electron chi connectivity index (χ2n) is 7.76. The Morgan fingerprint density at radius 1 is 1.06 bits per heavy atom. The molecule has 8 nitrogen and oxygen atoms in total. The highest BCUT2D eigenvalue weighted by Gasteiger charge is 2.33. The monoisotopic (exact) mass is 509 g/mol. The van der Waals surface area contributed by atoms with Crippen molar-refractivity contribution >= 4 is 41.2 Å². The second-order valence-corrected chi connectivity index (χ2v) is 8.20. The number of rotatable bonds is 8. The summed E-state index contributed by atoms with van der Waals surface area (Å²) in [4.78, 5) is 38.4. The van der Waals surface area contributed by atoms with Crippen LogP contribution in [0.2, 0.25) is 5.02 Å². The Kier molecular flexibility index (Phi) is 7.50. The van der Waals surface area contributed by atoms with Crippen molar-refractivity contribution < 1.29 is 28.2 Å². The lowest BCUT2D eigenvalue weighted by atomic mass is 10.1. The Hall–Kier alpha value is -4.37. The van der Waals surface area contributed by atoms with Crippen molar-refractivity contribution in [3.05, 3.63) is 94.4 Å². The van der Waals surface area contributed by atoms with Crippen LogP contribution in [0.15, 0.2) is 72.4 Å². The second kappa shape index (κ2) is 10.9. The van der Waals surface area contributed by atoms with Crippen LogP contribution in [0.25, 0.3) is 6.08 Å². The summed E-state index contributed by atoms with van der Waals surface area (Å²) in [5, 5.41) is 5.74. The van der Waals surface area contributed by atoms with Crippen LogP contribution in [0.4, 0.5) is 14.9 Å². The van der Waals surface area contributed by atoms with Crippen LogP contribution >= 0.6 is 11.6 Å². The van der Waals surface area contributed by atoms with Crippen molar-refractivity contribution in [3.63, 3.8) is 0 Å². The van der Waals surface area contributed by atoms with E-state index in [9.17, 15) is 18.8 Å². The number of urea groups is 1. The van der Waals surface area contributed by atoms with Crippen LogP contribution in [0, 0.1) is 5.82 Å². The summed E-state index contributed by atoms with van der Waals surface area (Å²) in [5.41, 5.74) is 1.89. The number of carbonyl (C=O) groups excluding carboxylic acids is 3. The standard InChI is InChI=1S/C26H21ClFN3O5/c1-35-23-13-17(4-11-22(23)36-15-24(32)29-20-9-7-19(28)8-10-20)12-21-25(33)31(26(34)30-21)14-16-2-5-18(27)6-3-16/h2-13H,14-15H2,1H3,(H,29,32)(H,30,34)/b21-12-. The first-order valence-electron chi connectivity index (χ1n) is 10.8. The van der Waals surface area contributed by atoms with E-state index >= 15 is 0 Å². The van der Waals surface area contributed by atoms with Gasteiger partial charge in [0.25, 0.3) is 11.8 Å². The van der Waals surface area contributed by atoms with Gasteiger partial charge in [-0.1, -0.05) is 29.8 Å². The lowest BCUT2D eigenvalue weighted by Crippen LogP contribution is -2.30. The molecule has 1 aliphatic rings. The van der Waals surface area contributed by atoms with Gasteiger partial charge in [0, 0.05) is 10.7 Å². The maximum atomic E-state index is 13.0. The maximum Gasteiger partial charge on any atom is 0.329 e. The molecule has 4 amide bonds. The van der Waals surface area contributed by atoms with Crippen LogP contribution in [0.1, 0.15) is 11.1 Å². The summed E-state index contributed by atoms with van der Waals surface area (Å²) in [7, 11) is 1.44. The number of anilines is 1. The summed E-state index contributed by atoms with van der Waals surface area (Å²) in [6.45, 7) is -0.197. The summed E-state index contributed by atoms with van der Waals surface area (Å²) >= 11 is 5.89. The maximum absolute atomic E-state index is 13.0. The third-order valence-electron chi connectivity index (χ3n) is 5.20. The number of imide groups is 1. The van der Waals surface area contributed by atoms with E-state index in [-0.39, 0.29) is 18.8 Å². The molecule has 10 heteroatoms. The molecule has 0 radical (unpaired) electrons. The zero-order valence-electron chi connectivity index (χ0n) is 19.1. The minimum Gasteiger partial charge on any atom is -0.493 e. The highest BCUT2D eigenvalue weighted by atomic mass is 35.5. The fourth-order valence-corrected chi connectivity index (χ4v) is 3.55. The molecule has 184 valence electrons. The van der Waals surface area contributed by atoms with Gasteiger partial charge < -0.3 is 20.1 Å². The Labute approximate surface area is 211 Å². The third kappa shape index (κ3) is 6.00. The Bertz CT molecular complexity index is 1330. The SMILES string of the molecule is COc1cc(/C=C2\NC(=O)N(Cc3ccc(Cl)cc3)C2=O)ccc1OCC(=O)Nc1ccc(F)cc1. The van der Waals surface area contributed by atoms with Gasteiger partial charge in [-0.05, 0) is 65.7 Å². The van der Waals surface area contributed by atoms with Crippen molar-refractivity contribution in [1.82, 2.24) is 10.2 Å². The summed E-state index contributed by atoms with van der Waals surface area (Å²) < 4.78 is 23.9. The van der Waals surface area contributed by atoms with Crippen LogP contribution in [-0.2, 0) is 16.1 Å². The number of nitrogens with zero attached hydrogens (tertiary/aromatic N) is 1. The average Bonchev–Trinajstić information content (AvgIpc) is 3.13. The molecule has 0 saturated carbocycles. The van der Waals surface area contributed by atoms with Crippen LogP contribution in [0.3, 0.4) is 0 Å². The van der Waals surface area contributed by atoms with Gasteiger partial charge in [0.1, 0.15) is 11.5 Å². The van der Waals surface area contributed by atoms with E-state index in [0.29, 0.717) is 27.8 Å². The van der Waals surface area contributed by atoms with E-state index in [2.05, 4.69) is 10.6 Å². The highest BCUT2D eigenvalue weighted by molar-refractivity contribution is 6.30. The fourth-order valence-electron chi connectivity index (χ4n) is 3.42. The topological polar surface area (TPSA) is 97.0 Å². The number of ether oxygens (including phenoxy) is 2. The highest BCUT2D eigenvalue weighted by Crippen LogP contribution is 2.29. The van der Waals surface area contributed by atoms with Crippen LogP contribution in [0.5, 0.6) is 11.5 Å². The van der Waals surface area contributed by atoms with Gasteiger partial charge in [0.15, 0.2) is 18.1 Å². The van der Waals surface area contributed by atoms with E-state index in [1.165, 1.54) is 37.5 Å². The van der Waals surface area contributed by atoms with Gasteiger partial charge >= 0.3 is 6.03 Å². The largest absolute Gasteiger partial charge is 0.493 e. The summed E-state index contributed by atoms with van der Waals surface area (Å²) in [6.07, 6.45) is 1.52. The lowest BCUT2D eigenvalue weighted by Gasteiger charge is -2.12. The number of methoxy groups -OCH3 is 1. The molecule has 2 N–H and O–H groups in total. The molecule has 1 heterocycles. The van der Waals surface area contributed by atoms with Gasteiger partial charge in [-0.3, -0.25) is 14.5 Å². The Morgan fingerprint density at radius 2 is 1.78 bits per heavy atom. The van der Waals surface area contributed by atoms with Crippen molar-refractivity contribution in [2.75, 3.05) is 19.0 Å². The molecule has 0 bridgehead atoms. The summed E-state index contributed by atoms with van der Waals surface area (Å²) in [6, 6.07) is 16.5. The first-order chi connectivity index (χ1) is 17.3. The van der Waals surface area contributed by atoms with Crippen molar-refractivity contribution in [2.45, 2.75) is 6.54 Å². The molecule has 36 heavy (non-hydrogen) atoms. The third-order valence-corrected chi connectivity index (χ3v) is 5.45. The zero-order chi connectivity index (χ0) is 25.7. The number of nitrogens with one attached hydrogen (secondary N) is 2. The lowest BCUT2D eigenvalue weighted by molar-refractivity contribution is -0.123. The first kappa shape index (κ1) is 24.7. The van der Waals surface area contributed by atoms with Gasteiger partial charge in [0.2, 0.25) is 0 Å². The molecule has 0 unspecified atom stereocenters. The Morgan fingerprint density at radius 3 is 2.47 bits per heavy atom. The normalized spacial score (nSPS) is 14.1. The van der Waals surface area contributed by atoms with E-state index in [4.69, 9.17) is 21.1 Å². The van der Waals surface area contributed by atoms with Gasteiger partial charge in [0.05, 0.1) is 13.7 Å². The van der Waals surface area contributed by atoms with E-state index < -0.39 is 23.7 Å². The molecule has 0 spiro atoms. The van der Waals surface area contributed by atoms with Crippen LogP contribution < -0.4 is 20.1 Å². The average molecular weight is 510 g/mol. The molecule has 3 aromatic carbocycles. The van der Waals surface area contributed by atoms with Gasteiger partial charge in [-0.15, -0.1) is 0 Å². The van der Waals surface area contributed by atoms with Crippen molar-refractivity contribution in [2.24, 2.45) is 0 Å².